The molecule has 2 rings (SSSR count). The van der Waals surface area contributed by atoms with Crippen LogP contribution in [0.4, 0.5) is 0 Å². The molecular weight excluding hydrogens is 190 g/mol. The fourth-order valence-electron chi connectivity index (χ4n) is 3.21. The van der Waals surface area contributed by atoms with Gasteiger partial charge in [0.05, 0.1) is 0 Å². The second-order valence-corrected chi connectivity index (χ2v) is 4.86. The number of rotatable bonds is 1. The molecule has 1 amide bonds. The first kappa shape index (κ1) is 10.9. The van der Waals surface area contributed by atoms with Crippen LogP contribution in [0.5, 0.6) is 0 Å². The smallest absolute Gasteiger partial charge is 0.221 e. The van der Waals surface area contributed by atoms with Gasteiger partial charge in [0, 0.05) is 26.5 Å². The minimum Gasteiger partial charge on any atom is -0.361 e. The standard InChI is InChI=1S/C12H21NO2/c1-9(14)13-8-10-6-4-3-5-7-11(10)12(13)15-2/h10-12H,3-8H2,1-2H3/t10?,11-,12+/m0/s1. The highest BCUT2D eigenvalue weighted by molar-refractivity contribution is 5.73. The van der Waals surface area contributed by atoms with Gasteiger partial charge < -0.3 is 9.64 Å². The maximum Gasteiger partial charge on any atom is 0.221 e. The highest BCUT2D eigenvalue weighted by Crippen LogP contribution is 2.39. The zero-order valence-electron chi connectivity index (χ0n) is 9.74. The van der Waals surface area contributed by atoms with Gasteiger partial charge in [-0.05, 0) is 18.8 Å². The maximum absolute atomic E-state index is 11.5. The number of hydrogen-bond donors (Lipinski definition) is 0. The molecule has 0 spiro atoms. The third-order valence-electron chi connectivity index (χ3n) is 3.97. The van der Waals surface area contributed by atoms with Gasteiger partial charge in [0.25, 0.3) is 0 Å². The summed E-state index contributed by atoms with van der Waals surface area (Å²) in [6, 6.07) is 0. The molecule has 1 heterocycles. The average Bonchev–Trinajstić information content (AvgIpc) is 2.40. The molecule has 0 bridgehead atoms. The molecule has 0 aromatic carbocycles. The van der Waals surface area contributed by atoms with E-state index in [1.165, 1.54) is 32.1 Å². The molecule has 3 nitrogen and oxygen atoms in total. The predicted molar refractivity (Wildman–Crippen MR) is 58.2 cm³/mol. The summed E-state index contributed by atoms with van der Waals surface area (Å²) < 4.78 is 5.52. The van der Waals surface area contributed by atoms with Gasteiger partial charge >= 0.3 is 0 Å². The van der Waals surface area contributed by atoms with Crippen molar-refractivity contribution in [3.63, 3.8) is 0 Å². The summed E-state index contributed by atoms with van der Waals surface area (Å²) in [4.78, 5) is 13.4. The first-order chi connectivity index (χ1) is 7.24. The molecule has 3 atom stereocenters. The highest BCUT2D eigenvalue weighted by atomic mass is 16.5. The van der Waals surface area contributed by atoms with E-state index in [-0.39, 0.29) is 12.1 Å². The number of hydrogen-bond acceptors (Lipinski definition) is 2. The Morgan fingerprint density at radius 2 is 2.00 bits per heavy atom. The van der Waals surface area contributed by atoms with Gasteiger partial charge in [0.2, 0.25) is 5.91 Å². The second-order valence-electron chi connectivity index (χ2n) is 4.86. The first-order valence-corrected chi connectivity index (χ1v) is 6.04. The minimum atomic E-state index is 0.0469. The number of carbonyl (C=O) groups is 1. The lowest BCUT2D eigenvalue weighted by Gasteiger charge is -2.25. The van der Waals surface area contributed by atoms with E-state index in [1.807, 2.05) is 4.90 Å². The van der Waals surface area contributed by atoms with Gasteiger partial charge in [0.1, 0.15) is 6.23 Å². The van der Waals surface area contributed by atoms with Crippen molar-refractivity contribution in [1.29, 1.82) is 0 Å². The largest absolute Gasteiger partial charge is 0.361 e. The normalized spacial score (nSPS) is 36.1. The van der Waals surface area contributed by atoms with E-state index < -0.39 is 0 Å². The van der Waals surface area contributed by atoms with E-state index in [4.69, 9.17) is 4.74 Å². The van der Waals surface area contributed by atoms with Crippen molar-refractivity contribution in [2.45, 2.75) is 45.3 Å². The topological polar surface area (TPSA) is 29.5 Å². The molecule has 1 aliphatic carbocycles. The van der Waals surface area contributed by atoms with Crippen molar-refractivity contribution in [2.75, 3.05) is 13.7 Å². The lowest BCUT2D eigenvalue weighted by atomic mass is 9.90. The fourth-order valence-corrected chi connectivity index (χ4v) is 3.21. The maximum atomic E-state index is 11.5. The van der Waals surface area contributed by atoms with Crippen molar-refractivity contribution in [3.8, 4) is 0 Å². The SMILES string of the molecule is CO[C@@H]1[C@H]2CCCCCC2CN1C(C)=O. The summed E-state index contributed by atoms with van der Waals surface area (Å²) in [7, 11) is 1.73. The molecule has 1 saturated heterocycles. The number of amides is 1. The Morgan fingerprint density at radius 1 is 1.27 bits per heavy atom. The Morgan fingerprint density at radius 3 is 2.67 bits per heavy atom. The van der Waals surface area contributed by atoms with Crippen LogP contribution in [0.3, 0.4) is 0 Å². The minimum absolute atomic E-state index is 0.0469. The summed E-state index contributed by atoms with van der Waals surface area (Å²) >= 11 is 0. The summed E-state index contributed by atoms with van der Waals surface area (Å²) in [6.45, 7) is 2.57. The molecule has 0 aromatic heterocycles. The van der Waals surface area contributed by atoms with E-state index in [2.05, 4.69) is 0 Å². The van der Waals surface area contributed by atoms with Crippen LogP contribution in [-0.4, -0.2) is 30.7 Å². The lowest BCUT2D eigenvalue weighted by molar-refractivity contribution is -0.139. The van der Waals surface area contributed by atoms with Crippen LogP contribution in [0, 0.1) is 11.8 Å². The molecule has 0 radical (unpaired) electrons. The number of ether oxygens (including phenoxy) is 1. The summed E-state index contributed by atoms with van der Waals surface area (Å²) in [5, 5.41) is 0. The fraction of sp³-hybridized carbons (Fsp3) is 0.917. The van der Waals surface area contributed by atoms with Gasteiger partial charge in [-0.25, -0.2) is 0 Å². The van der Waals surface area contributed by atoms with Crippen LogP contribution in [0.2, 0.25) is 0 Å². The number of carbonyl (C=O) groups excluding carboxylic acids is 1. The third-order valence-corrected chi connectivity index (χ3v) is 3.97. The Balaban J connectivity index is 2.12. The van der Waals surface area contributed by atoms with Gasteiger partial charge in [-0.3, -0.25) is 4.79 Å². The summed E-state index contributed by atoms with van der Waals surface area (Å²) in [5.41, 5.74) is 0. The van der Waals surface area contributed by atoms with Crippen LogP contribution >= 0.6 is 0 Å². The van der Waals surface area contributed by atoms with E-state index in [0.29, 0.717) is 11.8 Å². The Bertz CT molecular complexity index is 242. The quantitative estimate of drug-likeness (QED) is 0.664. The van der Waals surface area contributed by atoms with Crippen LogP contribution in [0.25, 0.3) is 0 Å². The van der Waals surface area contributed by atoms with E-state index in [9.17, 15) is 4.79 Å². The molecule has 3 heteroatoms. The average molecular weight is 211 g/mol. The van der Waals surface area contributed by atoms with Gasteiger partial charge in [-0.2, -0.15) is 0 Å². The van der Waals surface area contributed by atoms with Crippen molar-refractivity contribution in [1.82, 2.24) is 4.90 Å². The molecule has 0 N–H and O–H groups in total. The van der Waals surface area contributed by atoms with E-state index in [0.717, 1.165) is 6.54 Å². The molecule has 2 aliphatic rings. The molecule has 1 aliphatic heterocycles. The van der Waals surface area contributed by atoms with Crippen molar-refractivity contribution in [3.05, 3.63) is 0 Å². The first-order valence-electron chi connectivity index (χ1n) is 6.04. The number of nitrogens with zero attached hydrogens (tertiary/aromatic N) is 1. The molecule has 15 heavy (non-hydrogen) atoms. The number of methoxy groups -OCH3 is 1. The molecule has 86 valence electrons. The zero-order chi connectivity index (χ0) is 10.8. The van der Waals surface area contributed by atoms with Crippen molar-refractivity contribution in [2.24, 2.45) is 11.8 Å². The molecule has 1 unspecified atom stereocenters. The van der Waals surface area contributed by atoms with Crippen molar-refractivity contribution >= 4 is 5.91 Å². The zero-order valence-corrected chi connectivity index (χ0v) is 9.74. The number of fused-ring (bicyclic) bond motifs is 1. The Kier molecular flexibility index (Phi) is 3.29. The monoisotopic (exact) mass is 211 g/mol. The Hall–Kier alpha value is -0.570. The van der Waals surface area contributed by atoms with Crippen LogP contribution in [0.15, 0.2) is 0 Å². The van der Waals surface area contributed by atoms with Gasteiger partial charge in [-0.1, -0.05) is 19.3 Å². The van der Waals surface area contributed by atoms with E-state index >= 15 is 0 Å². The highest BCUT2D eigenvalue weighted by Gasteiger charge is 2.42. The Labute approximate surface area is 91.8 Å². The van der Waals surface area contributed by atoms with Crippen LogP contribution in [-0.2, 0) is 9.53 Å². The molecular formula is C12H21NO2. The van der Waals surface area contributed by atoms with Crippen molar-refractivity contribution < 1.29 is 9.53 Å². The molecule has 1 saturated carbocycles. The number of likely N-dealkylation sites (tertiary alicyclic amines) is 1. The lowest BCUT2D eigenvalue weighted by Crippen LogP contribution is -2.37. The predicted octanol–water partition coefficient (Wildman–Crippen LogP) is 2.02. The third kappa shape index (κ3) is 2.03. The van der Waals surface area contributed by atoms with Gasteiger partial charge in [-0.15, -0.1) is 0 Å². The summed E-state index contributed by atoms with van der Waals surface area (Å²) in [6.07, 6.45) is 6.52. The second kappa shape index (κ2) is 4.52. The summed E-state index contributed by atoms with van der Waals surface area (Å²) in [5.74, 6) is 1.43. The molecule has 0 aromatic rings. The van der Waals surface area contributed by atoms with E-state index in [1.54, 1.807) is 14.0 Å². The van der Waals surface area contributed by atoms with Crippen LogP contribution in [0.1, 0.15) is 39.0 Å². The molecule has 2 fully saturated rings. The van der Waals surface area contributed by atoms with Gasteiger partial charge in [0.15, 0.2) is 0 Å². The van der Waals surface area contributed by atoms with Crippen LogP contribution < -0.4 is 0 Å².